The minimum atomic E-state index is -0.564. The minimum absolute atomic E-state index is 0.564. The van der Waals surface area contributed by atoms with Crippen LogP contribution in [0.4, 0.5) is 0 Å². The number of nitrogens with zero attached hydrogens (tertiary/aromatic N) is 4. The highest BCUT2D eigenvalue weighted by atomic mass is 15.2. The maximum atomic E-state index is 6.76. The topological polar surface area (TPSA) is 60.0 Å². The Bertz CT molecular complexity index is 989. The molecule has 2 aliphatic heterocycles. The summed E-state index contributed by atoms with van der Waals surface area (Å²) >= 11 is 0. The van der Waals surface area contributed by atoms with Gasteiger partial charge in [0.1, 0.15) is 0 Å². The van der Waals surface area contributed by atoms with Gasteiger partial charge in [-0.3, -0.25) is 14.9 Å². The van der Waals surface area contributed by atoms with Crippen LogP contribution < -0.4 is 5.73 Å². The molecular weight excluding hydrogens is 334 g/mol. The van der Waals surface area contributed by atoms with Gasteiger partial charge in [0.15, 0.2) is 0 Å². The number of fused-ring (bicyclic) bond motifs is 5. The molecule has 2 aromatic heterocycles. The highest BCUT2D eigenvalue weighted by Gasteiger charge is 2.36. The van der Waals surface area contributed by atoms with E-state index in [1.54, 1.807) is 24.2 Å². The van der Waals surface area contributed by atoms with Gasteiger partial charge in [-0.1, -0.05) is 11.6 Å². The van der Waals surface area contributed by atoms with Gasteiger partial charge in [0.05, 0.1) is 17.4 Å². The number of hydrogen-bond acceptors (Lipinski definition) is 4. The van der Waals surface area contributed by atoms with Gasteiger partial charge in [0.2, 0.25) is 0 Å². The lowest BCUT2D eigenvalue weighted by atomic mass is 9.95. The van der Waals surface area contributed by atoms with Crippen LogP contribution in [0.5, 0.6) is 0 Å². The molecule has 0 spiro atoms. The number of hydrogen-bond donors (Lipinski definition) is 1. The molecular formula is C22H27N5. The maximum absolute atomic E-state index is 6.76. The van der Waals surface area contributed by atoms with E-state index in [1.807, 2.05) is 0 Å². The third kappa shape index (κ3) is 2.68. The van der Waals surface area contributed by atoms with Crippen molar-refractivity contribution in [2.75, 3.05) is 13.1 Å². The van der Waals surface area contributed by atoms with Crippen LogP contribution in [0.15, 0.2) is 36.8 Å². The largest absolute Gasteiger partial charge is 0.342 e. The second-order valence-electron chi connectivity index (χ2n) is 8.42. The van der Waals surface area contributed by atoms with E-state index in [0.29, 0.717) is 12.6 Å². The number of rotatable bonds is 3. The predicted octanol–water partition coefficient (Wildman–Crippen LogP) is 3.31. The van der Waals surface area contributed by atoms with Crippen LogP contribution in [0, 0.1) is 6.92 Å². The average Bonchev–Trinajstić information content (AvgIpc) is 3.25. The molecule has 3 aromatic rings. The van der Waals surface area contributed by atoms with E-state index in [4.69, 9.17) is 5.73 Å². The lowest BCUT2D eigenvalue weighted by Gasteiger charge is -2.32. The SMILES string of the molecule is Cc1ccc2c(c1)c1c(n2CC(C)(N)c2cnccn2)CCN2CCCC12. The van der Waals surface area contributed by atoms with Crippen molar-refractivity contribution >= 4 is 10.9 Å². The molecule has 2 aliphatic rings. The molecule has 1 fully saturated rings. The zero-order valence-electron chi connectivity index (χ0n) is 16.2. The summed E-state index contributed by atoms with van der Waals surface area (Å²) in [6.07, 6.45) is 8.88. The van der Waals surface area contributed by atoms with Crippen LogP contribution in [-0.2, 0) is 18.5 Å². The monoisotopic (exact) mass is 361 g/mol. The molecule has 2 N–H and O–H groups in total. The fourth-order valence-corrected chi connectivity index (χ4v) is 5.04. The second-order valence-corrected chi connectivity index (χ2v) is 8.42. The smallest absolute Gasteiger partial charge is 0.0800 e. The van der Waals surface area contributed by atoms with Gasteiger partial charge in [-0.05, 0) is 50.9 Å². The Morgan fingerprint density at radius 1 is 1.26 bits per heavy atom. The summed E-state index contributed by atoms with van der Waals surface area (Å²) in [5.74, 6) is 0. The van der Waals surface area contributed by atoms with Crippen molar-refractivity contribution in [3.8, 4) is 0 Å². The van der Waals surface area contributed by atoms with Crippen LogP contribution in [0.25, 0.3) is 10.9 Å². The standard InChI is InChI=1S/C22H27N5/c1-15-5-6-17-16(12-15)21-18-4-3-10-26(18)11-7-19(21)27(17)14-22(2,23)20-13-24-8-9-25-20/h5-6,8-9,12-13,18H,3-4,7,10-11,14,23H2,1-2H3. The summed E-state index contributed by atoms with van der Waals surface area (Å²) in [4.78, 5) is 11.4. The molecule has 4 heterocycles. The van der Waals surface area contributed by atoms with E-state index in [-0.39, 0.29) is 0 Å². The van der Waals surface area contributed by atoms with Crippen molar-refractivity contribution in [3.63, 3.8) is 0 Å². The highest BCUT2D eigenvalue weighted by Crippen LogP contribution is 2.43. The predicted molar refractivity (Wildman–Crippen MR) is 107 cm³/mol. The highest BCUT2D eigenvalue weighted by molar-refractivity contribution is 5.87. The molecule has 2 atom stereocenters. The summed E-state index contributed by atoms with van der Waals surface area (Å²) in [5.41, 5.74) is 12.7. The first kappa shape index (κ1) is 16.9. The Labute approximate surface area is 160 Å². The lowest BCUT2D eigenvalue weighted by molar-refractivity contribution is 0.240. The van der Waals surface area contributed by atoms with Gasteiger partial charge in [-0.2, -0.15) is 0 Å². The van der Waals surface area contributed by atoms with Crippen molar-refractivity contribution in [1.82, 2.24) is 19.4 Å². The Hall–Kier alpha value is -2.24. The van der Waals surface area contributed by atoms with Crippen molar-refractivity contribution in [2.45, 2.75) is 51.2 Å². The molecule has 5 rings (SSSR count). The van der Waals surface area contributed by atoms with Gasteiger partial charge in [-0.15, -0.1) is 0 Å². The molecule has 5 nitrogen and oxygen atoms in total. The van der Waals surface area contributed by atoms with Gasteiger partial charge >= 0.3 is 0 Å². The minimum Gasteiger partial charge on any atom is -0.342 e. The van der Waals surface area contributed by atoms with E-state index in [9.17, 15) is 0 Å². The fraction of sp³-hybridized carbons (Fsp3) is 0.455. The Balaban J connectivity index is 1.67. The van der Waals surface area contributed by atoms with Gasteiger partial charge in [0, 0.05) is 54.5 Å². The maximum Gasteiger partial charge on any atom is 0.0800 e. The number of aromatic nitrogens is 3. The van der Waals surface area contributed by atoms with Crippen molar-refractivity contribution < 1.29 is 0 Å². The summed E-state index contributed by atoms with van der Waals surface area (Å²) in [6, 6.07) is 7.42. The first-order valence-corrected chi connectivity index (χ1v) is 9.96. The quantitative estimate of drug-likeness (QED) is 0.777. The zero-order chi connectivity index (χ0) is 18.6. The second kappa shape index (κ2) is 6.14. The van der Waals surface area contributed by atoms with Crippen molar-refractivity contribution in [1.29, 1.82) is 0 Å². The molecule has 0 amide bonds. The summed E-state index contributed by atoms with van der Waals surface area (Å²) in [7, 11) is 0. The Morgan fingerprint density at radius 2 is 2.15 bits per heavy atom. The van der Waals surface area contributed by atoms with E-state index in [2.05, 4.69) is 51.5 Å². The number of nitrogens with two attached hydrogens (primary N) is 1. The van der Waals surface area contributed by atoms with Crippen LogP contribution in [0.3, 0.4) is 0 Å². The molecule has 0 aliphatic carbocycles. The van der Waals surface area contributed by atoms with E-state index in [1.165, 1.54) is 41.5 Å². The average molecular weight is 361 g/mol. The molecule has 5 heteroatoms. The summed E-state index contributed by atoms with van der Waals surface area (Å²) in [5, 5.41) is 1.41. The molecule has 27 heavy (non-hydrogen) atoms. The molecule has 1 saturated heterocycles. The Morgan fingerprint density at radius 3 is 2.96 bits per heavy atom. The molecule has 0 radical (unpaired) electrons. The van der Waals surface area contributed by atoms with E-state index in [0.717, 1.165) is 18.7 Å². The first-order valence-electron chi connectivity index (χ1n) is 9.96. The third-order valence-electron chi connectivity index (χ3n) is 6.34. The fourth-order valence-electron chi connectivity index (χ4n) is 5.04. The van der Waals surface area contributed by atoms with Crippen LogP contribution in [0.2, 0.25) is 0 Å². The summed E-state index contributed by atoms with van der Waals surface area (Å²) in [6.45, 7) is 7.35. The van der Waals surface area contributed by atoms with Crippen molar-refractivity contribution in [3.05, 3.63) is 59.3 Å². The van der Waals surface area contributed by atoms with Crippen molar-refractivity contribution in [2.24, 2.45) is 5.73 Å². The first-order chi connectivity index (χ1) is 13.0. The normalized spacial score (nSPS) is 21.8. The third-order valence-corrected chi connectivity index (χ3v) is 6.34. The number of benzene rings is 1. The molecule has 140 valence electrons. The molecule has 1 aromatic carbocycles. The molecule has 0 bridgehead atoms. The van der Waals surface area contributed by atoms with Gasteiger partial charge in [0.25, 0.3) is 0 Å². The lowest BCUT2D eigenvalue weighted by Crippen LogP contribution is -2.40. The van der Waals surface area contributed by atoms with Crippen LogP contribution in [-0.4, -0.2) is 32.5 Å². The van der Waals surface area contributed by atoms with Crippen LogP contribution in [0.1, 0.15) is 48.3 Å². The van der Waals surface area contributed by atoms with E-state index < -0.39 is 5.54 Å². The summed E-state index contributed by atoms with van der Waals surface area (Å²) < 4.78 is 2.47. The number of aryl methyl sites for hydroxylation is 1. The van der Waals surface area contributed by atoms with Crippen LogP contribution >= 0.6 is 0 Å². The zero-order valence-corrected chi connectivity index (χ0v) is 16.2. The molecule has 0 saturated carbocycles. The molecule has 2 unspecified atom stereocenters. The van der Waals surface area contributed by atoms with E-state index >= 15 is 0 Å². The Kier molecular flexibility index (Phi) is 3.85. The van der Waals surface area contributed by atoms with Gasteiger partial charge in [-0.25, -0.2) is 0 Å². The van der Waals surface area contributed by atoms with Gasteiger partial charge < -0.3 is 10.3 Å².